The lowest BCUT2D eigenvalue weighted by Crippen LogP contribution is -2.59. The number of rotatable bonds is 2. The lowest BCUT2D eigenvalue weighted by molar-refractivity contribution is 0.0237. The van der Waals surface area contributed by atoms with Gasteiger partial charge < -0.3 is 18.6 Å². The third kappa shape index (κ3) is 2.96. The van der Waals surface area contributed by atoms with Gasteiger partial charge >= 0.3 is 0 Å². The minimum atomic E-state index is -0.136. The number of carbonyl (C=O) groups is 2. The standard InChI is InChI=1S/C18H22N2O4/c1-11-9-20(18(22)16-8-6-14(4)24-16)12(2)10-19(11)17(21)15-7-5-13(3)23-15/h5-8,11-12H,9-10H2,1-4H3/t11-,12-/m1/s1. The molecule has 2 aromatic rings. The zero-order valence-corrected chi connectivity index (χ0v) is 14.4. The second-order valence-electron chi connectivity index (χ2n) is 6.43. The van der Waals surface area contributed by atoms with E-state index >= 15 is 0 Å². The molecule has 0 spiro atoms. The molecule has 1 saturated heterocycles. The van der Waals surface area contributed by atoms with E-state index in [2.05, 4.69) is 0 Å². The molecular weight excluding hydrogens is 308 g/mol. The molecular formula is C18H22N2O4. The second kappa shape index (κ2) is 6.19. The van der Waals surface area contributed by atoms with Crippen LogP contribution in [0.15, 0.2) is 33.1 Å². The first kappa shape index (κ1) is 16.4. The SMILES string of the molecule is Cc1ccc(C(=O)N2C[C@@H](C)N(C(=O)c3ccc(C)o3)C[C@H]2C)o1. The third-order valence-corrected chi connectivity index (χ3v) is 4.41. The monoisotopic (exact) mass is 330 g/mol. The van der Waals surface area contributed by atoms with Gasteiger partial charge in [-0.2, -0.15) is 0 Å². The van der Waals surface area contributed by atoms with Crippen LogP contribution in [-0.2, 0) is 0 Å². The van der Waals surface area contributed by atoms with E-state index in [1.54, 1.807) is 34.1 Å². The van der Waals surface area contributed by atoms with Crippen molar-refractivity contribution in [1.82, 2.24) is 9.80 Å². The summed E-state index contributed by atoms with van der Waals surface area (Å²) in [5, 5.41) is 0. The molecule has 1 fully saturated rings. The predicted octanol–water partition coefficient (Wildman–Crippen LogP) is 2.86. The normalized spacial score (nSPS) is 21.2. The summed E-state index contributed by atoms with van der Waals surface area (Å²) < 4.78 is 10.9. The average Bonchev–Trinajstić information content (AvgIpc) is 3.16. The van der Waals surface area contributed by atoms with Crippen molar-refractivity contribution in [2.75, 3.05) is 13.1 Å². The van der Waals surface area contributed by atoms with Crippen molar-refractivity contribution in [3.63, 3.8) is 0 Å². The first-order chi connectivity index (χ1) is 11.4. The Labute approximate surface area is 141 Å². The van der Waals surface area contributed by atoms with Crippen LogP contribution in [-0.4, -0.2) is 46.8 Å². The van der Waals surface area contributed by atoms with Crippen molar-refractivity contribution in [2.24, 2.45) is 0 Å². The minimum Gasteiger partial charge on any atom is -0.456 e. The predicted molar refractivity (Wildman–Crippen MR) is 87.9 cm³/mol. The Bertz CT molecular complexity index is 696. The van der Waals surface area contributed by atoms with E-state index in [0.717, 1.165) is 0 Å². The number of carbonyl (C=O) groups excluding carboxylic acids is 2. The van der Waals surface area contributed by atoms with Gasteiger partial charge in [-0.15, -0.1) is 0 Å². The van der Waals surface area contributed by atoms with Crippen LogP contribution in [0.5, 0.6) is 0 Å². The highest BCUT2D eigenvalue weighted by atomic mass is 16.4. The van der Waals surface area contributed by atoms with Crippen molar-refractivity contribution >= 4 is 11.8 Å². The molecule has 0 radical (unpaired) electrons. The Morgan fingerprint density at radius 2 is 1.21 bits per heavy atom. The van der Waals surface area contributed by atoms with Gasteiger partial charge in [0.2, 0.25) is 0 Å². The maximum absolute atomic E-state index is 12.6. The Morgan fingerprint density at radius 1 is 0.833 bits per heavy atom. The van der Waals surface area contributed by atoms with Gasteiger partial charge in [0, 0.05) is 25.2 Å². The fraction of sp³-hybridized carbons (Fsp3) is 0.444. The largest absolute Gasteiger partial charge is 0.456 e. The molecule has 1 aliphatic rings. The van der Waals surface area contributed by atoms with Crippen molar-refractivity contribution in [1.29, 1.82) is 0 Å². The smallest absolute Gasteiger partial charge is 0.289 e. The van der Waals surface area contributed by atoms with Gasteiger partial charge in [0.15, 0.2) is 11.5 Å². The molecule has 0 aliphatic carbocycles. The topological polar surface area (TPSA) is 66.9 Å². The van der Waals surface area contributed by atoms with Gasteiger partial charge in [0.05, 0.1) is 0 Å². The Morgan fingerprint density at radius 3 is 1.50 bits per heavy atom. The van der Waals surface area contributed by atoms with E-state index in [9.17, 15) is 9.59 Å². The molecule has 0 saturated carbocycles. The Hall–Kier alpha value is -2.50. The molecule has 3 heterocycles. The van der Waals surface area contributed by atoms with Crippen LogP contribution in [0, 0.1) is 13.8 Å². The molecule has 2 aromatic heterocycles. The summed E-state index contributed by atoms with van der Waals surface area (Å²) in [6.45, 7) is 8.42. The minimum absolute atomic E-state index is 0.0980. The number of furan rings is 2. The number of nitrogens with zero attached hydrogens (tertiary/aromatic N) is 2. The maximum atomic E-state index is 12.6. The first-order valence-corrected chi connectivity index (χ1v) is 8.11. The maximum Gasteiger partial charge on any atom is 0.289 e. The lowest BCUT2D eigenvalue weighted by atomic mass is 10.1. The van der Waals surface area contributed by atoms with Crippen LogP contribution >= 0.6 is 0 Å². The molecule has 2 amide bonds. The summed E-state index contributed by atoms with van der Waals surface area (Å²) in [4.78, 5) is 28.8. The van der Waals surface area contributed by atoms with Crippen molar-refractivity contribution in [3.8, 4) is 0 Å². The Balaban J connectivity index is 1.74. The van der Waals surface area contributed by atoms with E-state index in [1.165, 1.54) is 0 Å². The molecule has 0 aromatic carbocycles. The molecule has 0 unspecified atom stereocenters. The van der Waals surface area contributed by atoms with Crippen LogP contribution in [0.2, 0.25) is 0 Å². The summed E-state index contributed by atoms with van der Waals surface area (Å²) >= 11 is 0. The number of hydrogen-bond acceptors (Lipinski definition) is 4. The Kier molecular flexibility index (Phi) is 4.22. The highest BCUT2D eigenvalue weighted by Crippen LogP contribution is 2.21. The molecule has 3 rings (SSSR count). The van der Waals surface area contributed by atoms with E-state index in [0.29, 0.717) is 36.1 Å². The van der Waals surface area contributed by atoms with Crippen LogP contribution < -0.4 is 0 Å². The van der Waals surface area contributed by atoms with Gasteiger partial charge in [-0.1, -0.05) is 0 Å². The van der Waals surface area contributed by atoms with Crippen molar-refractivity contribution < 1.29 is 18.4 Å². The van der Waals surface area contributed by atoms with Crippen molar-refractivity contribution in [2.45, 2.75) is 39.8 Å². The summed E-state index contributed by atoms with van der Waals surface area (Å²) in [5.74, 6) is 1.83. The summed E-state index contributed by atoms with van der Waals surface area (Å²) in [6.07, 6.45) is 0. The molecule has 2 atom stereocenters. The van der Waals surface area contributed by atoms with Crippen molar-refractivity contribution in [3.05, 3.63) is 47.3 Å². The van der Waals surface area contributed by atoms with Gasteiger partial charge in [-0.25, -0.2) is 0 Å². The van der Waals surface area contributed by atoms with Crippen LogP contribution in [0.4, 0.5) is 0 Å². The highest BCUT2D eigenvalue weighted by Gasteiger charge is 2.36. The van der Waals surface area contributed by atoms with E-state index in [-0.39, 0.29) is 23.9 Å². The van der Waals surface area contributed by atoms with Crippen LogP contribution in [0.3, 0.4) is 0 Å². The number of amides is 2. The average molecular weight is 330 g/mol. The molecule has 0 bridgehead atoms. The first-order valence-electron chi connectivity index (χ1n) is 8.11. The van der Waals surface area contributed by atoms with Gasteiger partial charge in [-0.3, -0.25) is 9.59 Å². The molecule has 6 heteroatoms. The lowest BCUT2D eigenvalue weighted by Gasteiger charge is -2.43. The zero-order chi connectivity index (χ0) is 17.4. The van der Waals surface area contributed by atoms with Gasteiger partial charge in [-0.05, 0) is 52.0 Å². The third-order valence-electron chi connectivity index (χ3n) is 4.41. The molecule has 128 valence electrons. The number of hydrogen-bond donors (Lipinski definition) is 0. The zero-order valence-electron chi connectivity index (χ0n) is 14.4. The highest BCUT2D eigenvalue weighted by molar-refractivity contribution is 5.93. The van der Waals surface area contributed by atoms with E-state index in [4.69, 9.17) is 8.83 Å². The van der Waals surface area contributed by atoms with Crippen LogP contribution in [0.25, 0.3) is 0 Å². The van der Waals surface area contributed by atoms with Gasteiger partial charge in [0.25, 0.3) is 11.8 Å². The number of aryl methyl sites for hydroxylation is 2. The summed E-state index contributed by atoms with van der Waals surface area (Å²) in [5.41, 5.74) is 0. The second-order valence-corrected chi connectivity index (χ2v) is 6.43. The van der Waals surface area contributed by atoms with E-state index in [1.807, 2.05) is 27.7 Å². The molecule has 1 aliphatic heterocycles. The molecule has 0 N–H and O–H groups in total. The summed E-state index contributed by atoms with van der Waals surface area (Å²) in [7, 11) is 0. The fourth-order valence-electron chi connectivity index (χ4n) is 3.07. The quantitative estimate of drug-likeness (QED) is 0.849. The number of piperazine rings is 1. The summed E-state index contributed by atoms with van der Waals surface area (Å²) in [6, 6.07) is 6.75. The van der Waals surface area contributed by atoms with E-state index < -0.39 is 0 Å². The van der Waals surface area contributed by atoms with Gasteiger partial charge in [0.1, 0.15) is 11.5 Å². The molecule has 24 heavy (non-hydrogen) atoms. The van der Waals surface area contributed by atoms with Crippen LogP contribution in [0.1, 0.15) is 46.5 Å². The molecule has 6 nitrogen and oxygen atoms in total. The fourth-order valence-corrected chi connectivity index (χ4v) is 3.07.